The summed E-state index contributed by atoms with van der Waals surface area (Å²) in [5.74, 6) is -3.33. The molecule has 1 aromatic carbocycles. The predicted molar refractivity (Wildman–Crippen MR) is 105 cm³/mol. The molecule has 3 heterocycles. The molecule has 2 aliphatic rings. The van der Waals surface area contributed by atoms with Crippen LogP contribution in [0.4, 0.5) is 19.1 Å². The topological polar surface area (TPSA) is 112 Å². The third-order valence-electron chi connectivity index (χ3n) is 5.64. The molecule has 2 fully saturated rings. The zero-order valence-corrected chi connectivity index (χ0v) is 17.6. The summed E-state index contributed by atoms with van der Waals surface area (Å²) in [6, 6.07) is 2.83. The number of hydrogen-bond donors (Lipinski definition) is 2. The summed E-state index contributed by atoms with van der Waals surface area (Å²) in [5, 5.41) is 9.63. The Balaban J connectivity index is 1.89. The highest BCUT2D eigenvalue weighted by molar-refractivity contribution is 7.90. The minimum absolute atomic E-state index is 0.0144. The molecule has 0 saturated carbocycles. The Hall–Kier alpha value is -3.09. The number of ether oxygens (including phenoxy) is 1. The van der Waals surface area contributed by atoms with E-state index in [1.165, 1.54) is 26.0 Å². The summed E-state index contributed by atoms with van der Waals surface area (Å²) in [4.78, 5) is 9.54. The first-order valence-corrected chi connectivity index (χ1v) is 10.6. The number of nitrogens with one attached hydrogen (secondary N) is 2. The average Bonchev–Trinajstić information content (AvgIpc) is 3.09. The molecule has 2 saturated heterocycles. The molecule has 0 bridgehead atoms. The molecule has 31 heavy (non-hydrogen) atoms. The lowest BCUT2D eigenvalue weighted by atomic mass is 9.87. The minimum Gasteiger partial charge on any atom is -0.479 e. The number of aromatic nitrogens is 2. The number of aryl methyl sites for hydroxylation is 1. The number of rotatable bonds is 3. The van der Waals surface area contributed by atoms with Gasteiger partial charge in [0.05, 0.1) is 12.8 Å². The molecule has 166 valence electrons. The van der Waals surface area contributed by atoms with Gasteiger partial charge in [-0.1, -0.05) is 6.07 Å². The van der Waals surface area contributed by atoms with Crippen molar-refractivity contribution in [2.45, 2.75) is 17.7 Å². The van der Waals surface area contributed by atoms with E-state index in [-0.39, 0.29) is 36.2 Å². The van der Waals surface area contributed by atoms with Gasteiger partial charge in [0.2, 0.25) is 27.7 Å². The lowest BCUT2D eigenvalue weighted by Gasteiger charge is -2.43. The van der Waals surface area contributed by atoms with Crippen LogP contribution in [0.5, 0.6) is 5.88 Å². The minimum atomic E-state index is -4.11. The van der Waals surface area contributed by atoms with Gasteiger partial charge >= 0.3 is 0 Å². The highest BCUT2D eigenvalue weighted by Gasteiger charge is 2.60. The molecule has 0 radical (unpaired) electrons. The number of methoxy groups -OCH3 is 1. The Bertz CT molecular complexity index is 1190. The van der Waals surface area contributed by atoms with Crippen molar-refractivity contribution in [1.29, 1.82) is 5.41 Å². The Morgan fingerprint density at radius 1 is 1.29 bits per heavy atom. The van der Waals surface area contributed by atoms with Crippen LogP contribution in [0.2, 0.25) is 0 Å². The first kappa shape index (κ1) is 21.2. The second kappa shape index (κ2) is 6.97. The van der Waals surface area contributed by atoms with Crippen LogP contribution in [-0.2, 0) is 15.6 Å². The summed E-state index contributed by atoms with van der Waals surface area (Å²) in [7, 11) is -1.67. The average molecular weight is 456 g/mol. The van der Waals surface area contributed by atoms with E-state index in [4.69, 9.17) is 10.1 Å². The van der Waals surface area contributed by atoms with E-state index in [9.17, 15) is 21.6 Å². The van der Waals surface area contributed by atoms with Gasteiger partial charge in [0.15, 0.2) is 0 Å². The maximum atomic E-state index is 14.8. The SMILES string of the molecule is COc1nc(N2CC3[C@](c4ccc(F)cc4F)(C2)NC(=N)N(C)S3(=O)=O)nc(C)c1F. The smallest absolute Gasteiger partial charge is 0.255 e. The number of fused-ring (bicyclic) bond motifs is 1. The molecule has 0 aliphatic carbocycles. The largest absolute Gasteiger partial charge is 0.479 e. The van der Waals surface area contributed by atoms with Crippen molar-refractivity contribution in [3.05, 3.63) is 46.9 Å². The van der Waals surface area contributed by atoms with Gasteiger partial charge < -0.3 is 15.0 Å². The Labute approximate surface area is 176 Å². The number of guanidine groups is 1. The molecule has 0 spiro atoms. The van der Waals surface area contributed by atoms with Crippen molar-refractivity contribution < 1.29 is 26.3 Å². The highest BCUT2D eigenvalue weighted by Crippen LogP contribution is 2.42. The Morgan fingerprint density at radius 2 is 2.00 bits per heavy atom. The lowest BCUT2D eigenvalue weighted by Crippen LogP contribution is -2.67. The van der Waals surface area contributed by atoms with Gasteiger partial charge in [-0.2, -0.15) is 9.37 Å². The van der Waals surface area contributed by atoms with E-state index in [1.54, 1.807) is 0 Å². The molecular formula is C18H19F3N6O3S. The molecule has 13 heteroatoms. The van der Waals surface area contributed by atoms with Crippen LogP contribution >= 0.6 is 0 Å². The van der Waals surface area contributed by atoms with Crippen LogP contribution in [0.15, 0.2) is 18.2 Å². The lowest BCUT2D eigenvalue weighted by molar-refractivity contribution is 0.362. The maximum Gasteiger partial charge on any atom is 0.255 e. The quantitative estimate of drug-likeness (QED) is 0.711. The van der Waals surface area contributed by atoms with Gasteiger partial charge in [0, 0.05) is 31.8 Å². The third-order valence-corrected chi connectivity index (χ3v) is 7.85. The number of nitrogens with zero attached hydrogens (tertiary/aromatic N) is 4. The number of benzene rings is 1. The van der Waals surface area contributed by atoms with Crippen molar-refractivity contribution in [3.8, 4) is 5.88 Å². The van der Waals surface area contributed by atoms with E-state index in [2.05, 4.69) is 15.3 Å². The van der Waals surface area contributed by atoms with E-state index in [1.807, 2.05) is 0 Å². The zero-order chi connectivity index (χ0) is 22.7. The number of hydrogen-bond acceptors (Lipinski definition) is 7. The van der Waals surface area contributed by atoms with Gasteiger partial charge in [0.1, 0.15) is 22.4 Å². The summed E-state index contributed by atoms with van der Waals surface area (Å²) in [5.41, 5.74) is -1.76. The standard InChI is InChI=1S/C18H19F3N6O3S/c1-9-14(21)15(30-3)24-17(23-9)27-7-13-18(8-27,11-5-4-10(19)6-12(11)20)25-16(22)26(2)31(13,28)29/h4-6,13H,7-8H2,1-3H3,(H2,22,25)/t13?,18-/m1/s1. The molecule has 0 amide bonds. The summed E-state index contributed by atoms with van der Waals surface area (Å²) in [6.07, 6.45) is 0. The number of sulfonamides is 1. The number of halogens is 3. The van der Waals surface area contributed by atoms with E-state index in [0.29, 0.717) is 6.07 Å². The van der Waals surface area contributed by atoms with Gasteiger partial charge in [-0.15, -0.1) is 0 Å². The van der Waals surface area contributed by atoms with Gasteiger partial charge in [-0.3, -0.25) is 5.41 Å². The van der Waals surface area contributed by atoms with Gasteiger partial charge in [-0.25, -0.2) is 26.5 Å². The van der Waals surface area contributed by atoms with Crippen molar-refractivity contribution in [1.82, 2.24) is 19.6 Å². The molecule has 2 atom stereocenters. The van der Waals surface area contributed by atoms with Gasteiger partial charge in [-0.05, 0) is 13.0 Å². The molecule has 9 nitrogen and oxygen atoms in total. The second-order valence-electron chi connectivity index (χ2n) is 7.38. The molecular weight excluding hydrogens is 437 g/mol. The van der Waals surface area contributed by atoms with E-state index < -0.39 is 44.2 Å². The molecule has 1 aromatic heterocycles. The zero-order valence-electron chi connectivity index (χ0n) is 16.8. The van der Waals surface area contributed by atoms with E-state index in [0.717, 1.165) is 16.4 Å². The molecule has 2 N–H and O–H groups in total. The van der Waals surface area contributed by atoms with Crippen molar-refractivity contribution in [3.63, 3.8) is 0 Å². The Kier molecular flexibility index (Phi) is 4.76. The third kappa shape index (κ3) is 3.06. The fraction of sp³-hybridized carbons (Fsp3) is 0.389. The van der Waals surface area contributed by atoms with Crippen molar-refractivity contribution in [2.75, 3.05) is 32.1 Å². The first-order valence-electron chi connectivity index (χ1n) is 9.14. The van der Waals surface area contributed by atoms with Crippen LogP contribution in [-0.4, -0.2) is 61.1 Å². The van der Waals surface area contributed by atoms with Crippen LogP contribution in [0.25, 0.3) is 0 Å². The maximum absolute atomic E-state index is 14.8. The van der Waals surface area contributed by atoms with Gasteiger partial charge in [0.25, 0.3) is 5.88 Å². The molecule has 2 aliphatic heterocycles. The summed E-state index contributed by atoms with van der Waals surface area (Å²) in [6.45, 7) is 1.04. The van der Waals surface area contributed by atoms with Crippen molar-refractivity contribution >= 4 is 21.9 Å². The monoisotopic (exact) mass is 456 g/mol. The second-order valence-corrected chi connectivity index (χ2v) is 9.53. The van der Waals surface area contributed by atoms with Crippen molar-refractivity contribution in [2.24, 2.45) is 0 Å². The first-order chi connectivity index (χ1) is 14.5. The van der Waals surface area contributed by atoms with Crippen LogP contribution < -0.4 is 15.0 Å². The highest BCUT2D eigenvalue weighted by atomic mass is 32.2. The normalized spacial score (nSPS) is 24.7. The van der Waals surface area contributed by atoms with E-state index >= 15 is 0 Å². The fourth-order valence-electron chi connectivity index (χ4n) is 4.02. The molecule has 2 aromatic rings. The Morgan fingerprint density at radius 3 is 2.65 bits per heavy atom. The predicted octanol–water partition coefficient (Wildman–Crippen LogP) is 1.09. The summed E-state index contributed by atoms with van der Waals surface area (Å²) >= 11 is 0. The fourth-order valence-corrected chi connectivity index (χ4v) is 5.84. The van der Waals surface area contributed by atoms with Crippen LogP contribution in [0.3, 0.4) is 0 Å². The van der Waals surface area contributed by atoms with Crippen LogP contribution in [0, 0.1) is 29.8 Å². The number of anilines is 1. The molecule has 4 rings (SSSR count). The summed E-state index contributed by atoms with van der Waals surface area (Å²) < 4.78 is 74.6. The molecule has 1 unspecified atom stereocenters. The van der Waals surface area contributed by atoms with Crippen LogP contribution in [0.1, 0.15) is 11.3 Å².